The van der Waals surface area contributed by atoms with Crippen LogP contribution in [-0.2, 0) is 6.42 Å². The van der Waals surface area contributed by atoms with Crippen LogP contribution in [0.3, 0.4) is 0 Å². The van der Waals surface area contributed by atoms with E-state index in [2.05, 4.69) is 40.1 Å². The average Bonchev–Trinajstić information content (AvgIpc) is 2.35. The summed E-state index contributed by atoms with van der Waals surface area (Å²) in [6.45, 7) is 3.73. The van der Waals surface area contributed by atoms with E-state index >= 15 is 0 Å². The van der Waals surface area contributed by atoms with E-state index < -0.39 is 0 Å². The molecular weight excluding hydrogens is 244 g/mol. The molecule has 18 heavy (non-hydrogen) atoms. The lowest BCUT2D eigenvalue weighted by Crippen LogP contribution is -2.05. The molecule has 0 saturated carbocycles. The number of nitrogens with one attached hydrogen (secondary N) is 1. The fourth-order valence-corrected chi connectivity index (χ4v) is 2.73. The molecule has 4 nitrogen and oxygen atoms in total. The second kappa shape index (κ2) is 4.34. The molecule has 3 rings (SSSR count). The third-order valence-electron chi connectivity index (χ3n) is 2.60. The lowest BCUT2D eigenvalue weighted by Gasteiger charge is -2.19. The monoisotopic (exact) mass is 256 g/mol. The minimum atomic E-state index is 0.665. The number of nitrogens with two attached hydrogens (primary N) is 1. The van der Waals surface area contributed by atoms with Crippen LogP contribution in [0.15, 0.2) is 52.8 Å². The van der Waals surface area contributed by atoms with Gasteiger partial charge in [0.05, 0.1) is 5.69 Å². The molecule has 0 radical (unpaired) electrons. The van der Waals surface area contributed by atoms with Crippen molar-refractivity contribution in [2.75, 3.05) is 5.32 Å². The van der Waals surface area contributed by atoms with Crippen LogP contribution in [0, 0.1) is 0 Å². The molecule has 3 N–H and O–H groups in total. The molecule has 1 aromatic carbocycles. The zero-order valence-electron chi connectivity index (χ0n) is 9.68. The Morgan fingerprint density at radius 3 is 3.00 bits per heavy atom. The Balaban J connectivity index is 1.96. The van der Waals surface area contributed by atoms with Crippen LogP contribution in [-0.4, -0.2) is 9.97 Å². The van der Waals surface area contributed by atoms with Gasteiger partial charge in [0.1, 0.15) is 5.03 Å². The van der Waals surface area contributed by atoms with Crippen LogP contribution in [0.1, 0.15) is 5.56 Å². The first-order chi connectivity index (χ1) is 8.72. The van der Waals surface area contributed by atoms with Crippen molar-refractivity contribution in [3.05, 3.63) is 48.4 Å². The van der Waals surface area contributed by atoms with Crippen LogP contribution >= 0.6 is 11.8 Å². The van der Waals surface area contributed by atoms with Gasteiger partial charge < -0.3 is 11.1 Å². The molecule has 1 aliphatic heterocycles. The van der Waals surface area contributed by atoms with Crippen molar-refractivity contribution in [3.8, 4) is 0 Å². The van der Waals surface area contributed by atoms with Crippen molar-refractivity contribution in [3.63, 3.8) is 0 Å². The number of allylic oxidation sites excluding steroid dienone is 1. The third kappa shape index (κ3) is 2.04. The lowest BCUT2D eigenvalue weighted by atomic mass is 10.1. The van der Waals surface area contributed by atoms with Crippen molar-refractivity contribution in [1.82, 2.24) is 9.97 Å². The second-order valence-electron chi connectivity index (χ2n) is 4.10. The molecule has 1 aliphatic rings. The standard InChI is InChI=1S/C13H12N4S/c1-8(14)6-9-2-3-11-10(7-9)17-12-13(18-11)16-5-4-15-12/h2-5,7H,1,6,14H2,(H,15,17). The minimum absolute atomic E-state index is 0.665. The quantitative estimate of drug-likeness (QED) is 0.738. The molecule has 0 bridgehead atoms. The molecule has 1 aromatic heterocycles. The Morgan fingerprint density at radius 1 is 1.33 bits per heavy atom. The smallest absolute Gasteiger partial charge is 0.163 e. The van der Waals surface area contributed by atoms with E-state index in [1.807, 2.05) is 0 Å². The summed E-state index contributed by atoms with van der Waals surface area (Å²) in [5.74, 6) is 0.804. The number of nitrogens with zero attached hydrogens (tertiary/aromatic N) is 2. The predicted octanol–water partition coefficient (Wildman–Crippen LogP) is 2.70. The van der Waals surface area contributed by atoms with E-state index in [1.54, 1.807) is 24.2 Å². The largest absolute Gasteiger partial charge is 0.402 e. The molecule has 0 saturated heterocycles. The fraction of sp³-hybridized carbons (Fsp3) is 0.0769. The Labute approximate surface area is 109 Å². The first-order valence-electron chi connectivity index (χ1n) is 5.54. The van der Waals surface area contributed by atoms with E-state index in [-0.39, 0.29) is 0 Å². The molecule has 0 amide bonds. The summed E-state index contributed by atoms with van der Waals surface area (Å²) in [7, 11) is 0. The van der Waals surface area contributed by atoms with Gasteiger partial charge in [-0.15, -0.1) is 0 Å². The van der Waals surface area contributed by atoms with Crippen molar-refractivity contribution >= 4 is 23.3 Å². The van der Waals surface area contributed by atoms with Gasteiger partial charge in [0.15, 0.2) is 5.82 Å². The number of aromatic nitrogens is 2. The number of hydrogen-bond donors (Lipinski definition) is 2. The van der Waals surface area contributed by atoms with Crippen LogP contribution in [0.2, 0.25) is 0 Å². The van der Waals surface area contributed by atoms with Crippen LogP contribution < -0.4 is 11.1 Å². The lowest BCUT2D eigenvalue weighted by molar-refractivity contribution is 1.04. The van der Waals surface area contributed by atoms with Gasteiger partial charge in [-0.1, -0.05) is 24.4 Å². The summed E-state index contributed by atoms with van der Waals surface area (Å²) in [5.41, 5.74) is 8.49. The molecule has 0 aliphatic carbocycles. The normalized spacial score (nSPS) is 12.2. The molecule has 90 valence electrons. The summed E-state index contributed by atoms with van der Waals surface area (Å²) >= 11 is 1.62. The van der Waals surface area contributed by atoms with Gasteiger partial charge in [-0.25, -0.2) is 9.97 Å². The predicted molar refractivity (Wildman–Crippen MR) is 72.9 cm³/mol. The maximum atomic E-state index is 5.63. The first-order valence-corrected chi connectivity index (χ1v) is 6.36. The Bertz CT molecular complexity index is 624. The molecule has 2 heterocycles. The zero-order valence-corrected chi connectivity index (χ0v) is 10.5. The Kier molecular flexibility index (Phi) is 2.68. The van der Waals surface area contributed by atoms with Gasteiger partial charge >= 0.3 is 0 Å². The number of hydrogen-bond acceptors (Lipinski definition) is 5. The van der Waals surface area contributed by atoms with Crippen LogP contribution in [0.5, 0.6) is 0 Å². The number of fused-ring (bicyclic) bond motifs is 2. The van der Waals surface area contributed by atoms with E-state index in [1.165, 1.54) is 0 Å². The van der Waals surface area contributed by atoms with Crippen molar-refractivity contribution in [2.45, 2.75) is 16.3 Å². The van der Waals surface area contributed by atoms with Gasteiger partial charge in [-0.3, -0.25) is 0 Å². The highest BCUT2D eigenvalue weighted by Crippen LogP contribution is 2.42. The number of anilines is 2. The summed E-state index contributed by atoms with van der Waals surface area (Å²) in [4.78, 5) is 9.71. The second-order valence-corrected chi connectivity index (χ2v) is 5.13. The SMILES string of the molecule is C=C(N)Cc1ccc2c(c1)Nc1nccnc1S2. The van der Waals surface area contributed by atoms with E-state index in [0.717, 1.165) is 27.0 Å². The molecule has 2 aromatic rings. The fourth-order valence-electron chi connectivity index (χ4n) is 1.85. The van der Waals surface area contributed by atoms with E-state index in [9.17, 15) is 0 Å². The van der Waals surface area contributed by atoms with Crippen molar-refractivity contribution < 1.29 is 0 Å². The first kappa shape index (κ1) is 11.1. The maximum absolute atomic E-state index is 5.63. The minimum Gasteiger partial charge on any atom is -0.402 e. The van der Waals surface area contributed by atoms with Gasteiger partial charge in [0.25, 0.3) is 0 Å². The molecule has 0 unspecified atom stereocenters. The van der Waals surface area contributed by atoms with Crippen molar-refractivity contribution in [2.24, 2.45) is 5.73 Å². The van der Waals surface area contributed by atoms with Crippen LogP contribution in [0.25, 0.3) is 0 Å². The molecule has 0 spiro atoms. The Hall–Kier alpha value is -2.01. The summed E-state index contributed by atoms with van der Waals surface area (Å²) in [5, 5.41) is 4.19. The van der Waals surface area contributed by atoms with Gasteiger partial charge in [-0.05, 0) is 17.7 Å². The summed E-state index contributed by atoms with van der Waals surface area (Å²) < 4.78 is 0. The van der Waals surface area contributed by atoms with Gasteiger partial charge in [-0.2, -0.15) is 0 Å². The number of benzene rings is 1. The molecular formula is C13H12N4S. The van der Waals surface area contributed by atoms with E-state index in [0.29, 0.717) is 12.1 Å². The highest BCUT2D eigenvalue weighted by molar-refractivity contribution is 7.99. The summed E-state index contributed by atoms with van der Waals surface area (Å²) in [6.07, 6.45) is 4.07. The summed E-state index contributed by atoms with van der Waals surface area (Å²) in [6, 6.07) is 6.22. The molecule has 5 heteroatoms. The third-order valence-corrected chi connectivity index (χ3v) is 3.67. The average molecular weight is 256 g/mol. The maximum Gasteiger partial charge on any atom is 0.163 e. The van der Waals surface area contributed by atoms with Crippen molar-refractivity contribution in [1.29, 1.82) is 0 Å². The van der Waals surface area contributed by atoms with Gasteiger partial charge in [0, 0.05) is 29.4 Å². The highest BCUT2D eigenvalue weighted by atomic mass is 32.2. The van der Waals surface area contributed by atoms with Gasteiger partial charge in [0.2, 0.25) is 0 Å². The highest BCUT2D eigenvalue weighted by Gasteiger charge is 2.17. The zero-order chi connectivity index (χ0) is 12.5. The van der Waals surface area contributed by atoms with Crippen LogP contribution in [0.4, 0.5) is 11.5 Å². The number of rotatable bonds is 2. The molecule has 0 fully saturated rings. The van der Waals surface area contributed by atoms with E-state index in [4.69, 9.17) is 5.73 Å². The Morgan fingerprint density at radius 2 is 2.17 bits per heavy atom. The topological polar surface area (TPSA) is 63.8 Å². The molecule has 0 atom stereocenters.